The molecule has 0 bridgehead atoms. The van der Waals surface area contributed by atoms with Crippen LogP contribution in [0.1, 0.15) is 40.5 Å². The normalized spacial score (nSPS) is 12.9. The molecule has 0 aromatic carbocycles. The quantitative estimate of drug-likeness (QED) is 0.852. The fraction of sp³-hybridized carbons (Fsp3) is 0.429. The molecule has 0 spiro atoms. The second-order valence-corrected chi connectivity index (χ2v) is 6.57. The maximum Gasteiger partial charge on any atom is 0.101 e. The molecule has 1 N–H and O–H groups in total. The Morgan fingerprint density at radius 1 is 1.39 bits per heavy atom. The van der Waals surface area contributed by atoms with Crippen LogP contribution in [0.4, 0.5) is 0 Å². The fourth-order valence-corrected chi connectivity index (χ4v) is 3.58. The van der Waals surface area contributed by atoms with Gasteiger partial charge in [-0.2, -0.15) is 0 Å². The first kappa shape index (κ1) is 13.8. The van der Waals surface area contributed by atoms with Crippen molar-refractivity contribution in [2.75, 3.05) is 6.54 Å². The number of hydrogen-bond acceptors (Lipinski definition) is 3. The lowest BCUT2D eigenvalue weighted by molar-refractivity contribution is 0.524. The van der Waals surface area contributed by atoms with E-state index in [9.17, 15) is 0 Å². The van der Waals surface area contributed by atoms with Crippen LogP contribution in [-0.4, -0.2) is 6.54 Å². The van der Waals surface area contributed by atoms with Gasteiger partial charge < -0.3 is 9.73 Å². The Labute approximate surface area is 121 Å². The average molecular weight is 328 g/mol. The van der Waals surface area contributed by atoms with Crippen molar-refractivity contribution in [2.24, 2.45) is 0 Å². The average Bonchev–Trinajstić information content (AvgIpc) is 2.88. The van der Waals surface area contributed by atoms with E-state index in [1.807, 2.05) is 24.5 Å². The highest BCUT2D eigenvalue weighted by atomic mass is 79.9. The molecule has 0 saturated heterocycles. The standard InChI is InChI=1S/C14H18BrNOS/c1-4-5-16-14(11-6-9(2)17-8-11)13-7-12(15)10(3)18-13/h6-8,14,16H,4-5H2,1-3H3. The molecule has 0 radical (unpaired) electrons. The first-order valence-corrected chi connectivity index (χ1v) is 7.77. The summed E-state index contributed by atoms with van der Waals surface area (Å²) in [5.74, 6) is 0.959. The Hall–Kier alpha value is -0.580. The van der Waals surface area contributed by atoms with Gasteiger partial charge in [-0.3, -0.25) is 0 Å². The van der Waals surface area contributed by atoms with Crippen LogP contribution >= 0.6 is 27.3 Å². The second kappa shape index (κ2) is 6.04. The SMILES string of the molecule is CCCNC(c1coc(C)c1)c1cc(Br)c(C)s1. The fourth-order valence-electron chi connectivity index (χ4n) is 1.91. The molecule has 98 valence electrons. The largest absolute Gasteiger partial charge is 0.469 e. The minimum atomic E-state index is 0.234. The number of aryl methyl sites for hydroxylation is 2. The zero-order chi connectivity index (χ0) is 13.1. The van der Waals surface area contributed by atoms with Crippen molar-refractivity contribution in [2.45, 2.75) is 33.2 Å². The van der Waals surface area contributed by atoms with Crippen molar-refractivity contribution in [1.29, 1.82) is 0 Å². The summed E-state index contributed by atoms with van der Waals surface area (Å²) in [4.78, 5) is 2.64. The molecule has 0 saturated carbocycles. The molecule has 0 aliphatic rings. The van der Waals surface area contributed by atoms with Crippen molar-refractivity contribution in [3.8, 4) is 0 Å². The van der Waals surface area contributed by atoms with Gasteiger partial charge in [0.2, 0.25) is 0 Å². The first-order chi connectivity index (χ1) is 8.61. The lowest BCUT2D eigenvalue weighted by Gasteiger charge is -2.15. The Morgan fingerprint density at radius 3 is 2.67 bits per heavy atom. The van der Waals surface area contributed by atoms with Crippen molar-refractivity contribution < 1.29 is 4.42 Å². The molecular formula is C14H18BrNOS. The lowest BCUT2D eigenvalue weighted by Crippen LogP contribution is -2.21. The van der Waals surface area contributed by atoms with Crippen LogP contribution in [0.5, 0.6) is 0 Å². The minimum absolute atomic E-state index is 0.234. The van der Waals surface area contributed by atoms with Crippen LogP contribution in [0.15, 0.2) is 27.3 Å². The number of hydrogen-bond donors (Lipinski definition) is 1. The van der Waals surface area contributed by atoms with Gasteiger partial charge >= 0.3 is 0 Å². The highest BCUT2D eigenvalue weighted by Crippen LogP contribution is 2.34. The topological polar surface area (TPSA) is 25.2 Å². The molecule has 2 rings (SSSR count). The van der Waals surface area contributed by atoms with Gasteiger partial charge in [-0.25, -0.2) is 0 Å². The number of rotatable bonds is 5. The minimum Gasteiger partial charge on any atom is -0.469 e. The van der Waals surface area contributed by atoms with Crippen molar-refractivity contribution >= 4 is 27.3 Å². The van der Waals surface area contributed by atoms with Crippen molar-refractivity contribution in [1.82, 2.24) is 5.32 Å². The molecule has 0 aliphatic heterocycles. The van der Waals surface area contributed by atoms with Crippen molar-refractivity contribution in [3.63, 3.8) is 0 Å². The van der Waals surface area contributed by atoms with Crippen LogP contribution in [0.2, 0.25) is 0 Å². The molecule has 0 fully saturated rings. The third kappa shape index (κ3) is 3.05. The van der Waals surface area contributed by atoms with E-state index in [1.54, 1.807) is 0 Å². The molecule has 2 nitrogen and oxygen atoms in total. The predicted octanol–water partition coefficient (Wildman–Crippen LogP) is 4.81. The molecule has 1 atom stereocenters. The number of nitrogens with one attached hydrogen (secondary N) is 1. The molecule has 18 heavy (non-hydrogen) atoms. The summed E-state index contributed by atoms with van der Waals surface area (Å²) in [6.45, 7) is 7.30. The van der Waals surface area contributed by atoms with Gasteiger partial charge in [0.25, 0.3) is 0 Å². The summed E-state index contributed by atoms with van der Waals surface area (Å²) in [5.41, 5.74) is 1.20. The summed E-state index contributed by atoms with van der Waals surface area (Å²) in [6.07, 6.45) is 2.98. The summed E-state index contributed by atoms with van der Waals surface area (Å²) in [7, 11) is 0. The molecule has 2 aromatic heterocycles. The maximum atomic E-state index is 5.44. The third-order valence-corrected chi connectivity index (χ3v) is 5.04. The van der Waals surface area contributed by atoms with Crippen LogP contribution in [-0.2, 0) is 0 Å². The van der Waals surface area contributed by atoms with Gasteiger partial charge in [-0.15, -0.1) is 11.3 Å². The Morgan fingerprint density at radius 2 is 2.17 bits per heavy atom. The van der Waals surface area contributed by atoms with E-state index in [-0.39, 0.29) is 6.04 Å². The van der Waals surface area contributed by atoms with E-state index in [0.29, 0.717) is 0 Å². The van der Waals surface area contributed by atoms with Gasteiger partial charge in [0, 0.05) is 19.8 Å². The third-order valence-electron chi connectivity index (χ3n) is 2.84. The molecule has 1 unspecified atom stereocenters. The smallest absolute Gasteiger partial charge is 0.101 e. The summed E-state index contributed by atoms with van der Waals surface area (Å²) >= 11 is 5.42. The predicted molar refractivity (Wildman–Crippen MR) is 80.3 cm³/mol. The summed E-state index contributed by atoms with van der Waals surface area (Å²) < 4.78 is 6.62. The van der Waals surface area contributed by atoms with E-state index in [4.69, 9.17) is 4.42 Å². The van der Waals surface area contributed by atoms with E-state index >= 15 is 0 Å². The zero-order valence-corrected chi connectivity index (χ0v) is 13.3. The van der Waals surface area contributed by atoms with Gasteiger partial charge in [0.15, 0.2) is 0 Å². The number of furan rings is 1. The highest BCUT2D eigenvalue weighted by molar-refractivity contribution is 9.10. The molecule has 4 heteroatoms. The van der Waals surface area contributed by atoms with Gasteiger partial charge in [-0.1, -0.05) is 6.92 Å². The van der Waals surface area contributed by atoms with Crippen LogP contribution in [0, 0.1) is 13.8 Å². The molecule has 2 aromatic rings. The lowest BCUT2D eigenvalue weighted by atomic mass is 10.1. The zero-order valence-electron chi connectivity index (χ0n) is 10.9. The van der Waals surface area contributed by atoms with E-state index in [2.05, 4.69) is 47.2 Å². The first-order valence-electron chi connectivity index (χ1n) is 6.16. The molecule has 2 heterocycles. The van der Waals surface area contributed by atoms with Crippen molar-refractivity contribution in [3.05, 3.63) is 43.9 Å². The van der Waals surface area contributed by atoms with E-state index < -0.39 is 0 Å². The van der Waals surface area contributed by atoms with Gasteiger partial charge in [0.05, 0.1) is 12.3 Å². The van der Waals surface area contributed by atoms with E-state index in [0.717, 1.165) is 18.7 Å². The Kier molecular flexibility index (Phi) is 4.65. The highest BCUT2D eigenvalue weighted by Gasteiger charge is 2.18. The van der Waals surface area contributed by atoms with Crippen LogP contribution in [0.25, 0.3) is 0 Å². The Balaban J connectivity index is 2.30. The Bertz CT molecular complexity index is 498. The molecule has 0 aliphatic carbocycles. The maximum absolute atomic E-state index is 5.44. The molecule has 0 amide bonds. The van der Waals surface area contributed by atoms with Gasteiger partial charge in [0.1, 0.15) is 5.76 Å². The summed E-state index contributed by atoms with van der Waals surface area (Å²) in [6, 6.07) is 4.55. The second-order valence-electron chi connectivity index (χ2n) is 4.43. The van der Waals surface area contributed by atoms with Crippen LogP contribution < -0.4 is 5.32 Å². The van der Waals surface area contributed by atoms with Gasteiger partial charge in [-0.05, 0) is 54.9 Å². The monoisotopic (exact) mass is 327 g/mol. The number of halogens is 1. The number of thiophene rings is 1. The molecular weight excluding hydrogens is 310 g/mol. The van der Waals surface area contributed by atoms with E-state index in [1.165, 1.54) is 19.8 Å². The summed E-state index contributed by atoms with van der Waals surface area (Å²) in [5, 5.41) is 3.59. The van der Waals surface area contributed by atoms with Crippen LogP contribution in [0.3, 0.4) is 0 Å².